The molecule has 0 aliphatic rings. The van der Waals surface area contributed by atoms with Gasteiger partial charge in [-0.25, -0.2) is 4.79 Å². The lowest BCUT2D eigenvalue weighted by Gasteiger charge is -2.29. The molecule has 0 unspecified atom stereocenters. The highest BCUT2D eigenvalue weighted by Crippen LogP contribution is 2.34. The van der Waals surface area contributed by atoms with E-state index in [9.17, 15) is 9.59 Å². The highest BCUT2D eigenvalue weighted by Gasteiger charge is 2.34. The summed E-state index contributed by atoms with van der Waals surface area (Å²) in [5.41, 5.74) is 5.18. The van der Waals surface area contributed by atoms with E-state index in [1.54, 1.807) is 0 Å². The molecule has 7 heteroatoms. The first-order valence-corrected chi connectivity index (χ1v) is 7.30. The lowest BCUT2D eigenvalue weighted by atomic mass is 9.81. The highest BCUT2D eigenvalue weighted by atomic mass is 35.5. The average molecular weight is 333 g/mol. The molecule has 0 saturated carbocycles. The van der Waals surface area contributed by atoms with Crippen LogP contribution in [0.3, 0.4) is 0 Å². The molecule has 0 saturated heterocycles. The number of hydrogen-bond acceptors (Lipinski definition) is 3. The summed E-state index contributed by atoms with van der Waals surface area (Å²) in [6.45, 7) is 3.97. The van der Waals surface area contributed by atoms with Gasteiger partial charge in [0.25, 0.3) is 0 Å². The van der Waals surface area contributed by atoms with E-state index in [-0.39, 0.29) is 33.7 Å². The molecule has 0 fully saturated rings. The van der Waals surface area contributed by atoms with Crippen LogP contribution in [-0.4, -0.2) is 23.5 Å². The molecule has 1 rings (SSSR count). The largest absolute Gasteiger partial charge is 0.478 e. The van der Waals surface area contributed by atoms with Gasteiger partial charge in [0.2, 0.25) is 5.91 Å². The summed E-state index contributed by atoms with van der Waals surface area (Å²) in [7, 11) is 0. The first-order valence-electron chi connectivity index (χ1n) is 6.55. The summed E-state index contributed by atoms with van der Waals surface area (Å²) >= 11 is 12.0. The minimum atomic E-state index is -1.14. The topological polar surface area (TPSA) is 92.4 Å². The molecule has 0 bridgehead atoms. The highest BCUT2D eigenvalue weighted by molar-refractivity contribution is 6.40. The van der Waals surface area contributed by atoms with Crippen LogP contribution >= 0.6 is 23.2 Å². The van der Waals surface area contributed by atoms with Crippen LogP contribution in [0.5, 0.6) is 0 Å². The Labute approximate surface area is 133 Å². The molecule has 1 aromatic rings. The summed E-state index contributed by atoms with van der Waals surface area (Å²) in [5.74, 6) is -1.42. The second-order valence-electron chi connectivity index (χ2n) is 4.77. The van der Waals surface area contributed by atoms with Crippen LogP contribution < -0.4 is 11.1 Å². The number of nitrogens with one attached hydrogen (secondary N) is 1. The average Bonchev–Trinajstić information content (AvgIpc) is 2.45. The molecule has 4 N–H and O–H groups in total. The predicted octanol–water partition coefficient (Wildman–Crippen LogP) is 3.40. The standard InChI is InChI=1S/C14H18Cl2N2O3/c1-3-14(4-2,7-17)13(21)18-11-9(15)5-8(12(19)20)6-10(11)16/h5-6H,3-4,7,17H2,1-2H3,(H,18,21)(H,19,20). The first-order chi connectivity index (χ1) is 9.81. The van der Waals surface area contributed by atoms with E-state index in [0.29, 0.717) is 12.8 Å². The number of hydrogen-bond donors (Lipinski definition) is 3. The van der Waals surface area contributed by atoms with E-state index in [2.05, 4.69) is 5.32 Å². The van der Waals surface area contributed by atoms with Crippen molar-refractivity contribution < 1.29 is 14.7 Å². The van der Waals surface area contributed by atoms with Crippen molar-refractivity contribution in [3.63, 3.8) is 0 Å². The van der Waals surface area contributed by atoms with Gasteiger partial charge in [-0.3, -0.25) is 4.79 Å². The first kappa shape index (κ1) is 17.8. The van der Waals surface area contributed by atoms with Crippen molar-refractivity contribution >= 4 is 40.8 Å². The Bertz CT molecular complexity index is 526. The van der Waals surface area contributed by atoms with Crippen molar-refractivity contribution in [3.8, 4) is 0 Å². The molecule has 1 aromatic carbocycles. The molecular formula is C14H18Cl2N2O3. The molecular weight excluding hydrogens is 315 g/mol. The van der Waals surface area contributed by atoms with Crippen molar-refractivity contribution in [2.45, 2.75) is 26.7 Å². The van der Waals surface area contributed by atoms with Gasteiger partial charge in [-0.1, -0.05) is 37.0 Å². The normalized spacial score (nSPS) is 11.3. The lowest BCUT2D eigenvalue weighted by Crippen LogP contribution is -2.41. The van der Waals surface area contributed by atoms with Crippen LogP contribution in [0, 0.1) is 5.41 Å². The molecule has 21 heavy (non-hydrogen) atoms. The van der Waals surface area contributed by atoms with E-state index >= 15 is 0 Å². The Morgan fingerprint density at radius 2 is 1.71 bits per heavy atom. The number of rotatable bonds is 6. The monoisotopic (exact) mass is 332 g/mol. The number of nitrogens with two attached hydrogens (primary N) is 1. The summed E-state index contributed by atoms with van der Waals surface area (Å²) < 4.78 is 0. The summed E-state index contributed by atoms with van der Waals surface area (Å²) in [6, 6.07) is 2.49. The van der Waals surface area contributed by atoms with Gasteiger partial charge in [0.15, 0.2) is 0 Å². The lowest BCUT2D eigenvalue weighted by molar-refractivity contribution is -0.125. The molecule has 5 nitrogen and oxygen atoms in total. The van der Waals surface area contributed by atoms with Crippen LogP contribution in [0.15, 0.2) is 12.1 Å². The third kappa shape index (κ3) is 3.67. The van der Waals surface area contributed by atoms with Crippen LogP contribution in [0.25, 0.3) is 0 Å². The molecule has 0 aliphatic heterocycles. The Kier molecular flexibility index (Phi) is 6.01. The van der Waals surface area contributed by atoms with Gasteiger partial charge in [0.1, 0.15) is 0 Å². The van der Waals surface area contributed by atoms with Gasteiger partial charge in [0.05, 0.1) is 26.7 Å². The molecule has 116 valence electrons. The zero-order chi connectivity index (χ0) is 16.2. The number of amides is 1. The minimum Gasteiger partial charge on any atom is -0.478 e. The van der Waals surface area contributed by atoms with E-state index in [1.165, 1.54) is 12.1 Å². The molecule has 0 aliphatic carbocycles. The quantitative estimate of drug-likeness (QED) is 0.744. The van der Waals surface area contributed by atoms with Gasteiger partial charge in [-0.2, -0.15) is 0 Å². The maximum absolute atomic E-state index is 12.4. The van der Waals surface area contributed by atoms with Gasteiger partial charge in [-0.15, -0.1) is 0 Å². The van der Waals surface area contributed by atoms with E-state index in [4.69, 9.17) is 34.0 Å². The number of halogens is 2. The van der Waals surface area contributed by atoms with Gasteiger partial charge < -0.3 is 16.2 Å². The van der Waals surface area contributed by atoms with Crippen LogP contribution in [0.2, 0.25) is 10.0 Å². The fourth-order valence-electron chi connectivity index (χ4n) is 2.01. The Morgan fingerprint density at radius 1 is 1.24 bits per heavy atom. The van der Waals surface area contributed by atoms with Crippen LogP contribution in [0.1, 0.15) is 37.0 Å². The smallest absolute Gasteiger partial charge is 0.335 e. The number of carbonyl (C=O) groups excluding carboxylic acids is 1. The van der Waals surface area contributed by atoms with Crippen LogP contribution in [0.4, 0.5) is 5.69 Å². The molecule has 0 atom stereocenters. The number of aromatic carboxylic acids is 1. The summed E-state index contributed by atoms with van der Waals surface area (Å²) in [4.78, 5) is 23.3. The Hall–Kier alpha value is -1.30. The maximum Gasteiger partial charge on any atom is 0.335 e. The second-order valence-corrected chi connectivity index (χ2v) is 5.58. The van der Waals surface area contributed by atoms with Crippen molar-refractivity contribution in [3.05, 3.63) is 27.7 Å². The number of benzene rings is 1. The van der Waals surface area contributed by atoms with E-state index in [1.807, 2.05) is 13.8 Å². The molecule has 0 aromatic heterocycles. The number of anilines is 1. The second kappa shape index (κ2) is 7.11. The SMILES string of the molecule is CCC(CC)(CN)C(=O)Nc1c(Cl)cc(C(=O)O)cc1Cl. The van der Waals surface area contributed by atoms with Crippen molar-refractivity contribution in [2.75, 3.05) is 11.9 Å². The third-order valence-corrected chi connectivity index (χ3v) is 4.35. The number of carbonyl (C=O) groups is 2. The number of carboxylic acid groups (broad SMARTS) is 1. The fourth-order valence-corrected chi connectivity index (χ4v) is 2.60. The molecule has 0 radical (unpaired) electrons. The fraction of sp³-hybridized carbons (Fsp3) is 0.429. The Morgan fingerprint density at radius 3 is 2.05 bits per heavy atom. The predicted molar refractivity (Wildman–Crippen MR) is 84.1 cm³/mol. The van der Waals surface area contributed by atoms with Gasteiger partial charge in [0, 0.05) is 6.54 Å². The maximum atomic E-state index is 12.4. The molecule has 0 heterocycles. The molecule has 0 spiro atoms. The van der Waals surface area contributed by atoms with Crippen LogP contribution in [-0.2, 0) is 4.79 Å². The summed E-state index contributed by atoms with van der Waals surface area (Å²) in [5, 5.41) is 11.7. The summed E-state index contributed by atoms with van der Waals surface area (Å²) in [6.07, 6.45) is 1.16. The molecule has 1 amide bonds. The Balaban J connectivity index is 3.14. The van der Waals surface area contributed by atoms with Gasteiger partial charge >= 0.3 is 5.97 Å². The van der Waals surface area contributed by atoms with Gasteiger partial charge in [-0.05, 0) is 25.0 Å². The van der Waals surface area contributed by atoms with E-state index in [0.717, 1.165) is 0 Å². The zero-order valence-corrected chi connectivity index (χ0v) is 13.4. The number of carboxylic acids is 1. The minimum absolute atomic E-state index is 0.0425. The van der Waals surface area contributed by atoms with E-state index < -0.39 is 11.4 Å². The van der Waals surface area contributed by atoms with Crippen molar-refractivity contribution in [1.29, 1.82) is 0 Å². The third-order valence-electron chi connectivity index (χ3n) is 3.75. The van der Waals surface area contributed by atoms with Crippen molar-refractivity contribution in [2.24, 2.45) is 11.1 Å². The van der Waals surface area contributed by atoms with Crippen molar-refractivity contribution in [1.82, 2.24) is 0 Å². The zero-order valence-electron chi connectivity index (χ0n) is 11.9.